The first-order valence-corrected chi connectivity index (χ1v) is 6.43. The minimum Gasteiger partial charge on any atom is -0.385 e. The first-order chi connectivity index (χ1) is 8.69. The van der Waals surface area contributed by atoms with Gasteiger partial charge >= 0.3 is 0 Å². The Kier molecular flexibility index (Phi) is 2.80. The van der Waals surface area contributed by atoms with Gasteiger partial charge in [-0.1, -0.05) is 24.3 Å². The summed E-state index contributed by atoms with van der Waals surface area (Å²) in [5.74, 6) is 0. The number of aromatic nitrogens is 1. The van der Waals surface area contributed by atoms with Gasteiger partial charge in [0.05, 0.1) is 5.60 Å². The van der Waals surface area contributed by atoms with Crippen molar-refractivity contribution in [1.29, 1.82) is 0 Å². The maximum Gasteiger partial charge on any atom is 0.0941 e. The topological polar surface area (TPSA) is 36.4 Å². The maximum absolute atomic E-state index is 10.9. The fourth-order valence-electron chi connectivity index (χ4n) is 2.75. The van der Waals surface area contributed by atoms with Crippen molar-refractivity contribution in [2.45, 2.75) is 18.4 Å². The first kappa shape index (κ1) is 11.6. The van der Waals surface area contributed by atoms with E-state index in [0.717, 1.165) is 42.3 Å². The molecule has 94 valence electrons. The van der Waals surface area contributed by atoms with Crippen molar-refractivity contribution >= 4 is 10.8 Å². The standard InChI is InChI=1S/C15H18N2O/c1-17-8-6-15(18,7-9-17)14-11-16-10-12-4-2-3-5-13(12)14/h2-5,10-11,18H,6-9H2,1H3. The first-order valence-electron chi connectivity index (χ1n) is 6.43. The third kappa shape index (κ3) is 1.89. The third-order valence-corrected chi connectivity index (χ3v) is 3.98. The van der Waals surface area contributed by atoms with Gasteiger partial charge in [0, 0.05) is 36.4 Å². The Hall–Kier alpha value is -1.45. The van der Waals surface area contributed by atoms with Crippen molar-refractivity contribution in [2.24, 2.45) is 0 Å². The van der Waals surface area contributed by atoms with Gasteiger partial charge in [0.15, 0.2) is 0 Å². The number of hydrogen-bond donors (Lipinski definition) is 1. The van der Waals surface area contributed by atoms with E-state index < -0.39 is 5.60 Å². The molecule has 0 unspecified atom stereocenters. The van der Waals surface area contributed by atoms with E-state index in [0.29, 0.717) is 0 Å². The minimum atomic E-state index is -0.722. The van der Waals surface area contributed by atoms with Crippen molar-refractivity contribution in [3.8, 4) is 0 Å². The van der Waals surface area contributed by atoms with Gasteiger partial charge in [-0.05, 0) is 25.3 Å². The number of likely N-dealkylation sites (tertiary alicyclic amines) is 1. The monoisotopic (exact) mass is 242 g/mol. The van der Waals surface area contributed by atoms with Gasteiger partial charge in [0.1, 0.15) is 0 Å². The Morgan fingerprint density at radius 1 is 1.17 bits per heavy atom. The van der Waals surface area contributed by atoms with Crippen molar-refractivity contribution in [2.75, 3.05) is 20.1 Å². The van der Waals surface area contributed by atoms with Crippen LogP contribution in [-0.4, -0.2) is 35.1 Å². The molecule has 1 N–H and O–H groups in total. The van der Waals surface area contributed by atoms with Crippen LogP contribution in [0.4, 0.5) is 0 Å². The summed E-state index contributed by atoms with van der Waals surface area (Å²) in [6.07, 6.45) is 5.24. The van der Waals surface area contributed by atoms with Gasteiger partial charge in [0.2, 0.25) is 0 Å². The van der Waals surface area contributed by atoms with Gasteiger partial charge in [-0.15, -0.1) is 0 Å². The molecule has 0 atom stereocenters. The smallest absolute Gasteiger partial charge is 0.0941 e. The number of hydrogen-bond acceptors (Lipinski definition) is 3. The summed E-state index contributed by atoms with van der Waals surface area (Å²) in [5.41, 5.74) is 0.258. The largest absolute Gasteiger partial charge is 0.385 e. The van der Waals surface area contributed by atoms with Crippen molar-refractivity contribution in [3.63, 3.8) is 0 Å². The molecule has 1 aliphatic heterocycles. The van der Waals surface area contributed by atoms with Crippen LogP contribution in [0.5, 0.6) is 0 Å². The highest BCUT2D eigenvalue weighted by Gasteiger charge is 2.34. The fraction of sp³-hybridized carbons (Fsp3) is 0.400. The summed E-state index contributed by atoms with van der Waals surface area (Å²) >= 11 is 0. The van der Waals surface area contributed by atoms with Gasteiger partial charge in [-0.3, -0.25) is 4.98 Å². The number of benzene rings is 1. The molecule has 0 bridgehead atoms. The summed E-state index contributed by atoms with van der Waals surface area (Å²) in [4.78, 5) is 6.54. The molecule has 1 saturated heterocycles. The Morgan fingerprint density at radius 3 is 2.67 bits per heavy atom. The molecule has 1 aromatic heterocycles. The van der Waals surface area contributed by atoms with Crippen LogP contribution in [-0.2, 0) is 5.60 Å². The van der Waals surface area contributed by atoms with E-state index in [1.54, 1.807) is 0 Å². The molecular weight excluding hydrogens is 224 g/mol. The van der Waals surface area contributed by atoms with Crippen LogP contribution in [0.3, 0.4) is 0 Å². The van der Waals surface area contributed by atoms with Crippen molar-refractivity contribution in [1.82, 2.24) is 9.88 Å². The lowest BCUT2D eigenvalue weighted by Gasteiger charge is -2.37. The van der Waals surface area contributed by atoms with E-state index in [9.17, 15) is 5.11 Å². The molecule has 0 spiro atoms. The molecule has 0 radical (unpaired) electrons. The van der Waals surface area contributed by atoms with E-state index in [-0.39, 0.29) is 0 Å². The summed E-state index contributed by atoms with van der Waals surface area (Å²) in [7, 11) is 2.10. The van der Waals surface area contributed by atoms with Crippen molar-refractivity contribution in [3.05, 3.63) is 42.2 Å². The normalized spacial score (nSPS) is 20.1. The molecule has 3 nitrogen and oxygen atoms in total. The molecule has 1 fully saturated rings. The van der Waals surface area contributed by atoms with Gasteiger partial charge in [0.25, 0.3) is 0 Å². The zero-order valence-electron chi connectivity index (χ0n) is 10.6. The number of aliphatic hydroxyl groups is 1. The van der Waals surface area contributed by atoms with Crippen LogP contribution in [0.25, 0.3) is 10.8 Å². The SMILES string of the molecule is CN1CCC(O)(c2cncc3ccccc23)CC1. The molecule has 1 aliphatic rings. The summed E-state index contributed by atoms with van der Waals surface area (Å²) < 4.78 is 0. The molecule has 2 heterocycles. The van der Waals surface area contributed by atoms with Crippen LogP contribution >= 0.6 is 0 Å². The van der Waals surface area contributed by atoms with Gasteiger partial charge in [-0.2, -0.15) is 0 Å². The lowest BCUT2D eigenvalue weighted by Crippen LogP contribution is -2.40. The highest BCUT2D eigenvalue weighted by molar-refractivity contribution is 5.85. The summed E-state index contributed by atoms with van der Waals surface area (Å²) in [6.45, 7) is 1.86. The number of nitrogens with zero attached hydrogens (tertiary/aromatic N) is 2. The molecule has 3 heteroatoms. The lowest BCUT2D eigenvalue weighted by atomic mass is 9.83. The second-order valence-electron chi connectivity index (χ2n) is 5.24. The van der Waals surface area contributed by atoms with Gasteiger partial charge in [-0.25, -0.2) is 0 Å². The predicted octanol–water partition coefficient (Wildman–Crippen LogP) is 2.15. The van der Waals surface area contributed by atoms with Crippen LogP contribution in [0, 0.1) is 0 Å². The highest BCUT2D eigenvalue weighted by atomic mass is 16.3. The Balaban J connectivity index is 2.08. The third-order valence-electron chi connectivity index (χ3n) is 3.98. The van der Waals surface area contributed by atoms with Crippen LogP contribution in [0.15, 0.2) is 36.7 Å². The molecule has 18 heavy (non-hydrogen) atoms. The lowest BCUT2D eigenvalue weighted by molar-refractivity contribution is -0.0193. The van der Waals surface area contributed by atoms with E-state index in [2.05, 4.69) is 23.0 Å². The average Bonchev–Trinajstić information content (AvgIpc) is 2.42. The summed E-state index contributed by atoms with van der Waals surface area (Å²) in [6, 6.07) is 8.14. The molecule has 0 amide bonds. The zero-order valence-corrected chi connectivity index (χ0v) is 10.6. The molecule has 3 rings (SSSR count). The maximum atomic E-state index is 10.9. The molecular formula is C15H18N2O. The molecule has 0 saturated carbocycles. The number of fused-ring (bicyclic) bond motifs is 1. The predicted molar refractivity (Wildman–Crippen MR) is 72.4 cm³/mol. The van der Waals surface area contributed by atoms with Crippen LogP contribution in [0.2, 0.25) is 0 Å². The highest BCUT2D eigenvalue weighted by Crippen LogP contribution is 2.35. The van der Waals surface area contributed by atoms with Crippen molar-refractivity contribution < 1.29 is 5.11 Å². The Morgan fingerprint density at radius 2 is 1.89 bits per heavy atom. The van der Waals surface area contributed by atoms with E-state index in [1.807, 2.05) is 30.6 Å². The van der Waals surface area contributed by atoms with Crippen LogP contribution in [0.1, 0.15) is 18.4 Å². The Labute approximate surface area is 107 Å². The minimum absolute atomic E-state index is 0.722. The molecule has 0 aliphatic carbocycles. The second-order valence-corrected chi connectivity index (χ2v) is 5.24. The number of piperidine rings is 1. The zero-order chi connectivity index (χ0) is 12.6. The quantitative estimate of drug-likeness (QED) is 0.832. The van der Waals surface area contributed by atoms with Gasteiger partial charge < -0.3 is 10.0 Å². The second kappa shape index (κ2) is 4.34. The fourth-order valence-corrected chi connectivity index (χ4v) is 2.75. The van der Waals surface area contributed by atoms with E-state index >= 15 is 0 Å². The number of rotatable bonds is 1. The van der Waals surface area contributed by atoms with E-state index in [4.69, 9.17) is 0 Å². The average molecular weight is 242 g/mol. The Bertz CT molecular complexity index is 554. The summed E-state index contributed by atoms with van der Waals surface area (Å²) in [5, 5.41) is 13.1. The molecule has 1 aromatic carbocycles. The van der Waals surface area contributed by atoms with Crippen LogP contribution < -0.4 is 0 Å². The van der Waals surface area contributed by atoms with E-state index in [1.165, 1.54) is 0 Å². The molecule has 2 aromatic rings. The number of pyridine rings is 1.